The van der Waals surface area contributed by atoms with Crippen LogP contribution in [0.5, 0.6) is 0 Å². The van der Waals surface area contributed by atoms with Gasteiger partial charge in [0.25, 0.3) is 0 Å². The van der Waals surface area contributed by atoms with Gasteiger partial charge in [-0.1, -0.05) is 35.5 Å². The molecule has 0 saturated heterocycles. The number of carboxylic acids is 1. The molecule has 0 bridgehead atoms. The van der Waals surface area contributed by atoms with Crippen molar-refractivity contribution in [1.29, 1.82) is 0 Å². The van der Waals surface area contributed by atoms with Crippen LogP contribution >= 0.6 is 11.3 Å². The molecule has 3 aromatic rings. The minimum absolute atomic E-state index is 0.100. The first kappa shape index (κ1) is 11.5. The second-order valence-electron chi connectivity index (χ2n) is 3.73. The van der Waals surface area contributed by atoms with Crippen LogP contribution in [-0.2, 0) is 0 Å². The van der Waals surface area contributed by atoms with Crippen LogP contribution < -0.4 is 0 Å². The highest BCUT2D eigenvalue weighted by molar-refractivity contribution is 7.12. The highest BCUT2D eigenvalue weighted by atomic mass is 32.1. The summed E-state index contributed by atoms with van der Waals surface area (Å²) in [6.07, 6.45) is 1.34. The SMILES string of the molecule is O=C(O)c1cn(-c2nc(-c3ccccc3)cs2)nn1. The fraction of sp³-hybridized carbons (Fsp3) is 0. The summed E-state index contributed by atoms with van der Waals surface area (Å²) in [6, 6.07) is 9.73. The summed E-state index contributed by atoms with van der Waals surface area (Å²) < 4.78 is 1.36. The number of hydrogen-bond donors (Lipinski definition) is 1. The molecule has 0 unspecified atom stereocenters. The normalized spacial score (nSPS) is 10.5. The van der Waals surface area contributed by atoms with Gasteiger partial charge in [0.2, 0.25) is 5.13 Å². The first-order valence-corrected chi connectivity index (χ1v) is 6.29. The Labute approximate surface area is 112 Å². The Hall–Kier alpha value is -2.54. The average Bonchev–Trinajstić information content (AvgIpc) is 3.09. The van der Waals surface area contributed by atoms with Gasteiger partial charge in [-0.2, -0.15) is 4.68 Å². The van der Waals surface area contributed by atoms with E-state index in [4.69, 9.17) is 5.11 Å². The van der Waals surface area contributed by atoms with Crippen LogP contribution in [0.15, 0.2) is 41.9 Å². The zero-order valence-electron chi connectivity index (χ0n) is 9.59. The summed E-state index contributed by atoms with van der Waals surface area (Å²) in [5.74, 6) is -1.11. The van der Waals surface area contributed by atoms with Gasteiger partial charge in [0, 0.05) is 10.9 Å². The smallest absolute Gasteiger partial charge is 0.358 e. The van der Waals surface area contributed by atoms with Crippen LogP contribution in [0.3, 0.4) is 0 Å². The zero-order valence-corrected chi connectivity index (χ0v) is 10.4. The van der Waals surface area contributed by atoms with Gasteiger partial charge in [-0.15, -0.1) is 16.4 Å². The van der Waals surface area contributed by atoms with E-state index in [9.17, 15) is 4.79 Å². The van der Waals surface area contributed by atoms with Crippen LogP contribution in [0.25, 0.3) is 16.4 Å². The first-order chi connectivity index (χ1) is 9.24. The molecule has 0 spiro atoms. The maximum Gasteiger partial charge on any atom is 0.358 e. The number of aromatic carboxylic acids is 1. The molecule has 0 aliphatic rings. The summed E-state index contributed by atoms with van der Waals surface area (Å²) in [6.45, 7) is 0. The number of rotatable bonds is 3. The van der Waals surface area contributed by atoms with Crippen molar-refractivity contribution in [3.8, 4) is 16.4 Å². The molecule has 94 valence electrons. The van der Waals surface area contributed by atoms with Crippen LogP contribution in [0, 0.1) is 0 Å². The van der Waals surface area contributed by atoms with E-state index in [1.165, 1.54) is 22.2 Å². The van der Waals surface area contributed by atoms with Crippen LogP contribution in [0.2, 0.25) is 0 Å². The third-order valence-corrected chi connectivity index (χ3v) is 3.30. The standard InChI is InChI=1S/C12H8N4O2S/c17-11(18)9-6-16(15-14-9)12-13-10(7-19-12)8-4-2-1-3-5-8/h1-7H,(H,17,18). The van der Waals surface area contributed by atoms with Crippen molar-refractivity contribution in [1.82, 2.24) is 20.0 Å². The van der Waals surface area contributed by atoms with E-state index in [2.05, 4.69) is 15.3 Å². The third-order valence-electron chi connectivity index (χ3n) is 2.47. The predicted octanol–water partition coefficient (Wildman–Crippen LogP) is 2.09. The molecule has 1 aromatic carbocycles. The van der Waals surface area contributed by atoms with Crippen molar-refractivity contribution in [2.45, 2.75) is 0 Å². The maximum atomic E-state index is 10.7. The molecular formula is C12H8N4O2S. The van der Waals surface area contributed by atoms with E-state index in [0.717, 1.165) is 11.3 Å². The molecular weight excluding hydrogens is 264 g/mol. The van der Waals surface area contributed by atoms with E-state index in [0.29, 0.717) is 5.13 Å². The number of thiazole rings is 1. The molecule has 2 aromatic heterocycles. The van der Waals surface area contributed by atoms with Gasteiger partial charge in [-0.05, 0) is 0 Å². The molecule has 0 atom stereocenters. The molecule has 1 N–H and O–H groups in total. The summed E-state index contributed by atoms with van der Waals surface area (Å²) >= 11 is 1.38. The number of carbonyl (C=O) groups is 1. The lowest BCUT2D eigenvalue weighted by atomic mass is 10.2. The van der Waals surface area contributed by atoms with E-state index in [1.54, 1.807) is 0 Å². The van der Waals surface area contributed by atoms with Crippen molar-refractivity contribution in [3.63, 3.8) is 0 Å². The van der Waals surface area contributed by atoms with Crippen LogP contribution in [0.1, 0.15) is 10.5 Å². The lowest BCUT2D eigenvalue weighted by molar-refractivity contribution is 0.0690. The molecule has 6 nitrogen and oxygen atoms in total. The summed E-state index contributed by atoms with van der Waals surface area (Å²) in [5.41, 5.74) is 1.73. The van der Waals surface area contributed by atoms with E-state index < -0.39 is 5.97 Å². The monoisotopic (exact) mass is 272 g/mol. The Morgan fingerprint density at radius 3 is 2.74 bits per heavy atom. The molecule has 0 amide bonds. The quantitative estimate of drug-likeness (QED) is 0.789. The number of benzene rings is 1. The summed E-state index contributed by atoms with van der Waals surface area (Å²) in [5, 5.41) is 18.6. The molecule has 0 aliphatic carbocycles. The molecule has 3 rings (SSSR count). The second-order valence-corrected chi connectivity index (χ2v) is 4.57. The molecule has 2 heterocycles. The number of hydrogen-bond acceptors (Lipinski definition) is 5. The van der Waals surface area contributed by atoms with Gasteiger partial charge in [0.15, 0.2) is 5.69 Å². The Morgan fingerprint density at radius 2 is 2.05 bits per heavy atom. The molecule has 0 radical (unpaired) electrons. The Morgan fingerprint density at radius 1 is 1.26 bits per heavy atom. The molecule has 19 heavy (non-hydrogen) atoms. The van der Waals surface area contributed by atoms with Gasteiger partial charge < -0.3 is 5.11 Å². The molecule has 0 aliphatic heterocycles. The maximum absolute atomic E-state index is 10.7. The zero-order chi connectivity index (χ0) is 13.2. The number of carboxylic acid groups (broad SMARTS) is 1. The van der Waals surface area contributed by atoms with Gasteiger partial charge in [0.1, 0.15) is 0 Å². The van der Waals surface area contributed by atoms with Gasteiger partial charge in [-0.25, -0.2) is 9.78 Å². The number of aromatic nitrogens is 4. The molecule has 0 fully saturated rings. The minimum atomic E-state index is -1.11. The topological polar surface area (TPSA) is 80.9 Å². The average molecular weight is 272 g/mol. The van der Waals surface area contributed by atoms with Crippen molar-refractivity contribution in [2.24, 2.45) is 0 Å². The van der Waals surface area contributed by atoms with E-state index in [-0.39, 0.29) is 5.69 Å². The number of nitrogens with zero attached hydrogens (tertiary/aromatic N) is 4. The summed E-state index contributed by atoms with van der Waals surface area (Å²) in [7, 11) is 0. The summed E-state index contributed by atoms with van der Waals surface area (Å²) in [4.78, 5) is 15.1. The van der Waals surface area contributed by atoms with Crippen molar-refractivity contribution >= 4 is 17.3 Å². The Bertz CT molecular complexity index is 720. The van der Waals surface area contributed by atoms with Gasteiger partial charge in [0.05, 0.1) is 11.9 Å². The highest BCUT2D eigenvalue weighted by Gasteiger charge is 2.12. The second kappa shape index (κ2) is 4.62. The lowest BCUT2D eigenvalue weighted by Gasteiger charge is -1.94. The Balaban J connectivity index is 1.94. The predicted molar refractivity (Wildman–Crippen MR) is 69.4 cm³/mol. The molecule has 7 heteroatoms. The van der Waals surface area contributed by atoms with Crippen molar-refractivity contribution < 1.29 is 9.90 Å². The Kier molecular flexibility index (Phi) is 2.81. The fourth-order valence-corrected chi connectivity index (χ4v) is 2.32. The van der Waals surface area contributed by atoms with Crippen molar-refractivity contribution in [2.75, 3.05) is 0 Å². The third kappa shape index (κ3) is 2.23. The van der Waals surface area contributed by atoms with Gasteiger partial charge >= 0.3 is 5.97 Å². The minimum Gasteiger partial charge on any atom is -0.476 e. The van der Waals surface area contributed by atoms with Crippen LogP contribution in [0.4, 0.5) is 0 Å². The highest BCUT2D eigenvalue weighted by Crippen LogP contribution is 2.23. The molecule has 0 saturated carbocycles. The first-order valence-electron chi connectivity index (χ1n) is 5.41. The van der Waals surface area contributed by atoms with Crippen molar-refractivity contribution in [3.05, 3.63) is 47.6 Å². The van der Waals surface area contributed by atoms with E-state index >= 15 is 0 Å². The lowest BCUT2D eigenvalue weighted by Crippen LogP contribution is -1.95. The van der Waals surface area contributed by atoms with E-state index in [1.807, 2.05) is 35.7 Å². The largest absolute Gasteiger partial charge is 0.476 e. The fourth-order valence-electron chi connectivity index (χ4n) is 1.57. The van der Waals surface area contributed by atoms with Crippen LogP contribution in [-0.4, -0.2) is 31.1 Å². The van der Waals surface area contributed by atoms with Gasteiger partial charge in [-0.3, -0.25) is 0 Å².